The number of anilines is 1. The molecule has 0 heterocycles. The van der Waals surface area contributed by atoms with Crippen molar-refractivity contribution in [3.63, 3.8) is 0 Å². The van der Waals surface area contributed by atoms with Gasteiger partial charge in [0.1, 0.15) is 0 Å². The topological polar surface area (TPSA) is 92.8 Å². The molecule has 5 nitrogen and oxygen atoms in total. The second-order valence-electron chi connectivity index (χ2n) is 2.12. The number of nitrogens with two attached hydrogens (primary N) is 1. The zero-order valence-electron chi connectivity index (χ0n) is 6.04. The van der Waals surface area contributed by atoms with Gasteiger partial charge in [-0.1, -0.05) is 12.1 Å². The first kappa shape index (κ1) is 13.0. The Morgan fingerprint density at radius 3 is 2.31 bits per heavy atom. The van der Waals surface area contributed by atoms with Crippen LogP contribution in [0.4, 0.5) is 5.69 Å². The summed E-state index contributed by atoms with van der Waals surface area (Å²) in [6, 6.07) is 6.09. The van der Waals surface area contributed by atoms with Gasteiger partial charge in [-0.3, -0.25) is 9.79 Å². The van der Waals surface area contributed by atoms with Crippen molar-refractivity contribution < 1.29 is 18.9 Å². The molecule has 68 valence electrons. The van der Waals surface area contributed by atoms with E-state index in [-0.39, 0.29) is 41.0 Å². The Bertz CT molecular complexity index is 326. The summed E-state index contributed by atoms with van der Waals surface area (Å²) >= 11 is 0. The summed E-state index contributed by atoms with van der Waals surface area (Å²) in [6.07, 6.45) is 0. The molecule has 0 spiro atoms. The van der Waals surface area contributed by atoms with Gasteiger partial charge in [0.25, 0.3) is 0 Å². The summed E-state index contributed by atoms with van der Waals surface area (Å²) < 4.78 is 14.6. The zero-order chi connectivity index (χ0) is 9.19. The Labute approximate surface area is 97.4 Å². The molecule has 0 fully saturated rings. The molecular formula is C6H9NNaO4P. The second-order valence-corrected chi connectivity index (χ2v) is 3.28. The van der Waals surface area contributed by atoms with Gasteiger partial charge in [0.15, 0.2) is 5.75 Å². The molecule has 0 aliphatic carbocycles. The Morgan fingerprint density at radius 1 is 1.31 bits per heavy atom. The molecule has 0 saturated carbocycles. The van der Waals surface area contributed by atoms with Gasteiger partial charge < -0.3 is 10.3 Å². The van der Waals surface area contributed by atoms with Crippen molar-refractivity contribution in [3.8, 4) is 5.75 Å². The minimum absolute atomic E-state index is 0. The molecule has 1 rings (SSSR count). The van der Waals surface area contributed by atoms with E-state index in [4.69, 9.17) is 15.5 Å². The van der Waals surface area contributed by atoms with E-state index >= 15 is 0 Å². The van der Waals surface area contributed by atoms with Crippen LogP contribution in [0.2, 0.25) is 0 Å². The second kappa shape index (κ2) is 5.00. The predicted molar refractivity (Wildman–Crippen MR) is 50.7 cm³/mol. The van der Waals surface area contributed by atoms with Crippen molar-refractivity contribution in [2.24, 2.45) is 0 Å². The molecule has 0 aromatic heterocycles. The van der Waals surface area contributed by atoms with E-state index in [1.165, 1.54) is 12.1 Å². The Morgan fingerprint density at radius 2 is 1.85 bits per heavy atom. The molecule has 0 aliphatic heterocycles. The third kappa shape index (κ3) is 4.67. The average molecular weight is 213 g/mol. The third-order valence-corrected chi connectivity index (χ3v) is 1.57. The van der Waals surface area contributed by atoms with Crippen molar-refractivity contribution in [2.45, 2.75) is 0 Å². The van der Waals surface area contributed by atoms with Crippen LogP contribution in [-0.2, 0) is 4.57 Å². The van der Waals surface area contributed by atoms with Crippen LogP contribution in [0.1, 0.15) is 0 Å². The van der Waals surface area contributed by atoms with Crippen molar-refractivity contribution in [1.29, 1.82) is 0 Å². The van der Waals surface area contributed by atoms with Crippen LogP contribution >= 0.6 is 7.82 Å². The van der Waals surface area contributed by atoms with E-state index in [1.807, 2.05) is 0 Å². The summed E-state index contributed by atoms with van der Waals surface area (Å²) in [7, 11) is -4.49. The SMILES string of the molecule is Nc1ccccc1OP(=O)(O)O.[NaH]. The number of rotatable bonds is 2. The number of hydrogen-bond donors (Lipinski definition) is 3. The first-order valence-corrected chi connectivity index (χ1v) is 4.62. The summed E-state index contributed by atoms with van der Waals surface area (Å²) in [4.78, 5) is 16.9. The molecular weight excluding hydrogens is 204 g/mol. The quantitative estimate of drug-likeness (QED) is 0.368. The summed E-state index contributed by atoms with van der Waals surface area (Å²) in [6.45, 7) is 0. The monoisotopic (exact) mass is 213 g/mol. The summed E-state index contributed by atoms with van der Waals surface area (Å²) in [5.41, 5.74) is 5.55. The van der Waals surface area contributed by atoms with E-state index in [2.05, 4.69) is 4.52 Å². The van der Waals surface area contributed by atoms with Crippen molar-refractivity contribution in [2.75, 3.05) is 5.73 Å². The van der Waals surface area contributed by atoms with Crippen LogP contribution in [-0.4, -0.2) is 39.3 Å². The van der Waals surface area contributed by atoms with Gasteiger partial charge in [0.05, 0.1) is 5.69 Å². The molecule has 0 radical (unpaired) electrons. The van der Waals surface area contributed by atoms with E-state index in [9.17, 15) is 4.57 Å². The molecule has 0 amide bonds. The van der Waals surface area contributed by atoms with Crippen LogP contribution in [0.5, 0.6) is 5.75 Å². The van der Waals surface area contributed by atoms with Gasteiger partial charge in [-0.25, -0.2) is 4.57 Å². The predicted octanol–water partition coefficient (Wildman–Crippen LogP) is 0.0918. The van der Waals surface area contributed by atoms with Crippen molar-refractivity contribution in [3.05, 3.63) is 24.3 Å². The fraction of sp³-hybridized carbons (Fsp3) is 0. The Balaban J connectivity index is 0.00000144. The van der Waals surface area contributed by atoms with Gasteiger partial charge in [0, 0.05) is 0 Å². The van der Waals surface area contributed by atoms with E-state index in [1.54, 1.807) is 12.1 Å². The van der Waals surface area contributed by atoms with Crippen LogP contribution in [0.15, 0.2) is 24.3 Å². The van der Waals surface area contributed by atoms with Gasteiger partial charge >= 0.3 is 37.4 Å². The summed E-state index contributed by atoms with van der Waals surface area (Å²) in [5.74, 6) is -0.00849. The van der Waals surface area contributed by atoms with Crippen LogP contribution in [0.3, 0.4) is 0 Å². The number of hydrogen-bond acceptors (Lipinski definition) is 3. The molecule has 0 unspecified atom stereocenters. The van der Waals surface area contributed by atoms with E-state index in [0.29, 0.717) is 0 Å². The van der Waals surface area contributed by atoms with E-state index < -0.39 is 7.82 Å². The average Bonchev–Trinajstić information content (AvgIpc) is 1.91. The fourth-order valence-corrected chi connectivity index (χ4v) is 1.11. The zero-order valence-corrected chi connectivity index (χ0v) is 6.94. The summed E-state index contributed by atoms with van der Waals surface area (Å²) in [5, 5.41) is 0. The van der Waals surface area contributed by atoms with Crippen LogP contribution < -0.4 is 10.3 Å². The van der Waals surface area contributed by atoms with Gasteiger partial charge in [-0.15, -0.1) is 0 Å². The van der Waals surface area contributed by atoms with Crippen LogP contribution in [0.25, 0.3) is 0 Å². The molecule has 0 saturated heterocycles. The molecule has 7 heteroatoms. The van der Waals surface area contributed by atoms with Crippen molar-refractivity contribution >= 4 is 43.1 Å². The maximum atomic E-state index is 10.4. The molecule has 0 atom stereocenters. The number of phosphoric acid groups is 1. The number of phosphoric ester groups is 1. The number of nitrogen functional groups attached to an aromatic ring is 1. The minimum atomic E-state index is -4.49. The standard InChI is InChI=1S/C6H8NO4P.Na.H/c7-5-3-1-2-4-6(5)11-12(8,9)10;;/h1-4H,7H2,(H2,8,9,10);;. The normalized spacial score (nSPS) is 10.3. The number of benzene rings is 1. The molecule has 13 heavy (non-hydrogen) atoms. The van der Waals surface area contributed by atoms with Crippen molar-refractivity contribution in [1.82, 2.24) is 0 Å². The maximum absolute atomic E-state index is 10.4. The van der Waals surface area contributed by atoms with Gasteiger partial charge in [-0.2, -0.15) is 0 Å². The first-order valence-electron chi connectivity index (χ1n) is 3.09. The molecule has 0 bridgehead atoms. The first-order chi connectivity index (χ1) is 5.49. The molecule has 4 N–H and O–H groups in total. The van der Waals surface area contributed by atoms with Gasteiger partial charge in [-0.05, 0) is 12.1 Å². The molecule has 0 aliphatic rings. The number of para-hydroxylation sites is 2. The third-order valence-electron chi connectivity index (χ3n) is 1.14. The fourth-order valence-electron chi connectivity index (χ4n) is 0.692. The van der Waals surface area contributed by atoms with E-state index in [0.717, 1.165) is 0 Å². The Kier molecular flexibility index (Phi) is 4.99. The van der Waals surface area contributed by atoms with Crippen LogP contribution in [0, 0.1) is 0 Å². The molecule has 1 aromatic carbocycles. The Hall–Kier alpha value is -0.0300. The van der Waals surface area contributed by atoms with Gasteiger partial charge in [0.2, 0.25) is 0 Å². The molecule has 1 aromatic rings.